The van der Waals surface area contributed by atoms with Crippen molar-refractivity contribution in [3.8, 4) is 11.5 Å². The Bertz CT molecular complexity index is 1530. The highest BCUT2D eigenvalue weighted by atomic mass is 16.6. The Morgan fingerprint density at radius 3 is 1.83 bits per heavy atom. The molecule has 7 heteroatoms. The number of likely N-dealkylation sites (tertiary alicyclic amines) is 1. The Morgan fingerprint density at radius 1 is 0.731 bits per heavy atom. The third-order valence-electron chi connectivity index (χ3n) is 9.23. The van der Waals surface area contributed by atoms with Crippen LogP contribution >= 0.6 is 0 Å². The molecule has 4 aromatic carbocycles. The minimum Gasteiger partial charge on any atom is -0.508 e. The number of ether oxygens (including phenoxy) is 2. The van der Waals surface area contributed by atoms with E-state index in [1.807, 2.05) is 51.1 Å². The van der Waals surface area contributed by atoms with Crippen LogP contribution in [0, 0.1) is 0 Å². The lowest BCUT2D eigenvalue weighted by atomic mass is 10.0. The third kappa shape index (κ3) is 15.5. The van der Waals surface area contributed by atoms with E-state index in [-0.39, 0.29) is 18.7 Å². The summed E-state index contributed by atoms with van der Waals surface area (Å²) in [4.78, 5) is 13.7. The molecule has 2 atom stereocenters. The molecule has 0 radical (unpaired) electrons. The Kier molecular flexibility index (Phi) is 17.0. The van der Waals surface area contributed by atoms with Crippen molar-refractivity contribution in [3.63, 3.8) is 0 Å². The summed E-state index contributed by atoms with van der Waals surface area (Å²) in [5.74, 6) is 1.30. The zero-order valence-corrected chi connectivity index (χ0v) is 31.5. The summed E-state index contributed by atoms with van der Waals surface area (Å²) in [6, 6.07) is 37.5. The molecular formula is C45H60N2O5. The molecule has 0 aromatic heterocycles. The van der Waals surface area contributed by atoms with Crippen LogP contribution in [0.5, 0.6) is 11.5 Å². The first-order valence-electron chi connectivity index (χ1n) is 19.1. The first-order valence-corrected chi connectivity index (χ1v) is 19.1. The van der Waals surface area contributed by atoms with E-state index in [0.717, 1.165) is 57.4 Å². The Labute approximate surface area is 312 Å². The van der Waals surface area contributed by atoms with Gasteiger partial charge in [0.2, 0.25) is 0 Å². The lowest BCUT2D eigenvalue weighted by Gasteiger charge is -2.36. The van der Waals surface area contributed by atoms with Gasteiger partial charge in [0.25, 0.3) is 0 Å². The molecule has 2 aliphatic rings. The fourth-order valence-electron chi connectivity index (χ4n) is 6.48. The number of nitrogens with one attached hydrogen (secondary N) is 1. The standard InChI is InChI=1S/C20H25NO.C13H12O.C12H23NO3/c1-2-6-17(7-3-1)16-18-9-11-20(12-10-18)22-15-13-19-8-4-5-14-21-19;14-13-8-6-12(7-9-13)10-11-4-2-1-3-5-11;1-12(2,3)16-11(15)13-8-5-4-6-10(13)7-9-14/h1-3,6-7,9-12,19,21H,4-5,8,13-16H2;1-9,14H,10H2;10,14H,4-9H2,1-3H3. The van der Waals surface area contributed by atoms with E-state index in [1.165, 1.54) is 48.1 Å². The van der Waals surface area contributed by atoms with Crippen LogP contribution in [0.3, 0.4) is 0 Å². The zero-order chi connectivity index (χ0) is 37.0. The maximum Gasteiger partial charge on any atom is 0.410 e. The molecule has 6 rings (SSSR count). The molecule has 0 spiro atoms. The number of carbonyl (C=O) groups is 1. The number of hydrogen-bond donors (Lipinski definition) is 3. The first-order chi connectivity index (χ1) is 25.2. The second kappa shape index (κ2) is 21.9. The van der Waals surface area contributed by atoms with Crippen LogP contribution in [0.15, 0.2) is 109 Å². The molecule has 0 saturated carbocycles. The van der Waals surface area contributed by atoms with Gasteiger partial charge in [0.05, 0.1) is 6.61 Å². The molecule has 0 aliphatic carbocycles. The SMILES string of the molecule is CC(C)(C)OC(=O)N1CCCCC1CCO.Oc1ccc(Cc2ccccc2)cc1.c1ccc(Cc2ccc(OCCC3CCCCN3)cc2)cc1. The van der Waals surface area contributed by atoms with Gasteiger partial charge in [-0.1, -0.05) is 91.3 Å². The summed E-state index contributed by atoms with van der Waals surface area (Å²) in [6.45, 7) is 8.46. The maximum atomic E-state index is 11.9. The summed E-state index contributed by atoms with van der Waals surface area (Å²) in [6.07, 6.45) is 10.5. The number of phenolic OH excluding ortho intramolecular Hbond substituents is 1. The largest absolute Gasteiger partial charge is 0.508 e. The van der Waals surface area contributed by atoms with Gasteiger partial charge in [0.1, 0.15) is 17.1 Å². The Hall–Kier alpha value is -4.33. The summed E-state index contributed by atoms with van der Waals surface area (Å²) in [5, 5.41) is 21.7. The lowest BCUT2D eigenvalue weighted by Crippen LogP contribution is -2.46. The van der Waals surface area contributed by atoms with Crippen molar-refractivity contribution < 1.29 is 24.5 Å². The highest BCUT2D eigenvalue weighted by molar-refractivity contribution is 5.68. The van der Waals surface area contributed by atoms with Gasteiger partial charge in [-0.25, -0.2) is 4.79 Å². The molecular weight excluding hydrogens is 649 g/mol. The van der Waals surface area contributed by atoms with Crippen LogP contribution in [-0.4, -0.2) is 65.2 Å². The lowest BCUT2D eigenvalue weighted by molar-refractivity contribution is 0.00705. The number of piperidine rings is 2. The van der Waals surface area contributed by atoms with Crippen molar-refractivity contribution in [1.82, 2.24) is 10.2 Å². The number of amides is 1. The average molecular weight is 709 g/mol. The molecule has 2 saturated heterocycles. The summed E-state index contributed by atoms with van der Waals surface area (Å²) in [7, 11) is 0. The fourth-order valence-corrected chi connectivity index (χ4v) is 6.48. The predicted molar refractivity (Wildman–Crippen MR) is 211 cm³/mol. The van der Waals surface area contributed by atoms with Crippen LogP contribution in [0.4, 0.5) is 4.79 Å². The number of nitrogens with zero attached hydrogens (tertiary/aromatic N) is 1. The molecule has 2 fully saturated rings. The van der Waals surface area contributed by atoms with Crippen LogP contribution in [-0.2, 0) is 17.6 Å². The number of hydrogen-bond acceptors (Lipinski definition) is 6. The molecule has 1 amide bonds. The van der Waals surface area contributed by atoms with Crippen molar-refractivity contribution >= 4 is 6.09 Å². The molecule has 2 aliphatic heterocycles. The van der Waals surface area contributed by atoms with Crippen molar-refractivity contribution in [2.24, 2.45) is 0 Å². The number of carbonyl (C=O) groups excluding carboxylic acids is 1. The maximum absolute atomic E-state index is 11.9. The molecule has 280 valence electrons. The Balaban J connectivity index is 0.000000180. The van der Waals surface area contributed by atoms with Gasteiger partial charge in [-0.05, 0) is 132 Å². The molecule has 0 bridgehead atoms. The number of aromatic hydroxyl groups is 1. The third-order valence-corrected chi connectivity index (χ3v) is 9.23. The summed E-state index contributed by atoms with van der Waals surface area (Å²) >= 11 is 0. The molecule has 3 N–H and O–H groups in total. The van der Waals surface area contributed by atoms with Gasteiger partial charge in [-0.3, -0.25) is 0 Å². The normalized spacial score (nSPS) is 17.1. The molecule has 2 unspecified atom stereocenters. The zero-order valence-electron chi connectivity index (χ0n) is 31.5. The second-order valence-electron chi connectivity index (χ2n) is 14.8. The molecule has 7 nitrogen and oxygen atoms in total. The van der Waals surface area contributed by atoms with Crippen LogP contribution in [0.2, 0.25) is 0 Å². The highest BCUT2D eigenvalue weighted by Crippen LogP contribution is 2.22. The quantitative estimate of drug-likeness (QED) is 0.152. The van der Waals surface area contributed by atoms with Crippen molar-refractivity contribution in [2.75, 3.05) is 26.3 Å². The topological polar surface area (TPSA) is 91.3 Å². The van der Waals surface area contributed by atoms with Crippen LogP contribution < -0.4 is 10.1 Å². The molecule has 4 aromatic rings. The average Bonchev–Trinajstić information content (AvgIpc) is 3.15. The van der Waals surface area contributed by atoms with E-state index in [1.54, 1.807) is 17.0 Å². The highest BCUT2D eigenvalue weighted by Gasteiger charge is 2.29. The van der Waals surface area contributed by atoms with Gasteiger partial charge >= 0.3 is 6.09 Å². The molecule has 2 heterocycles. The van der Waals surface area contributed by atoms with Gasteiger partial charge in [-0.15, -0.1) is 0 Å². The predicted octanol–water partition coefficient (Wildman–Crippen LogP) is 9.33. The van der Waals surface area contributed by atoms with Crippen molar-refractivity contribution in [1.29, 1.82) is 0 Å². The van der Waals surface area contributed by atoms with E-state index in [9.17, 15) is 4.79 Å². The minimum atomic E-state index is -0.446. The van der Waals surface area contributed by atoms with E-state index in [4.69, 9.17) is 19.7 Å². The monoisotopic (exact) mass is 708 g/mol. The van der Waals surface area contributed by atoms with Gasteiger partial charge in [0.15, 0.2) is 0 Å². The van der Waals surface area contributed by atoms with Crippen LogP contribution in [0.25, 0.3) is 0 Å². The number of rotatable bonds is 10. The summed E-state index contributed by atoms with van der Waals surface area (Å²) in [5.41, 5.74) is 4.73. The van der Waals surface area contributed by atoms with E-state index in [2.05, 4.69) is 72.0 Å². The van der Waals surface area contributed by atoms with Crippen molar-refractivity contribution in [2.45, 2.75) is 103 Å². The van der Waals surface area contributed by atoms with Crippen LogP contribution in [0.1, 0.15) is 94.4 Å². The first kappa shape index (κ1) is 40.4. The number of aliphatic hydroxyl groups is 1. The fraction of sp³-hybridized carbons (Fsp3) is 0.444. The van der Waals surface area contributed by atoms with E-state index in [0.29, 0.717) is 18.2 Å². The second-order valence-corrected chi connectivity index (χ2v) is 14.8. The Morgan fingerprint density at radius 2 is 1.29 bits per heavy atom. The smallest absolute Gasteiger partial charge is 0.410 e. The van der Waals surface area contributed by atoms with Gasteiger partial charge < -0.3 is 29.9 Å². The number of aliphatic hydroxyl groups excluding tert-OH is 1. The summed E-state index contributed by atoms with van der Waals surface area (Å²) < 4.78 is 11.2. The molecule has 52 heavy (non-hydrogen) atoms. The minimum absolute atomic E-state index is 0.129. The van der Waals surface area contributed by atoms with E-state index < -0.39 is 5.60 Å². The van der Waals surface area contributed by atoms with Gasteiger partial charge in [-0.2, -0.15) is 0 Å². The number of phenols is 1. The van der Waals surface area contributed by atoms with Gasteiger partial charge in [0, 0.05) is 25.2 Å². The van der Waals surface area contributed by atoms with Crippen molar-refractivity contribution in [3.05, 3.63) is 131 Å². The van der Waals surface area contributed by atoms with E-state index >= 15 is 0 Å². The number of benzene rings is 4.